The van der Waals surface area contributed by atoms with Gasteiger partial charge in [0.05, 0.1) is 15.7 Å². The molecule has 1 aromatic carbocycles. The summed E-state index contributed by atoms with van der Waals surface area (Å²) in [5.74, 6) is -0.825. The van der Waals surface area contributed by atoms with E-state index < -0.39 is 57.4 Å². The van der Waals surface area contributed by atoms with E-state index in [9.17, 15) is 45.0 Å². The molecule has 230 valence electrons. The first-order valence-electron chi connectivity index (χ1n) is 13.6. The standard InChI is InChI=1S/C29H42F6O4S/c1-19(11-14-23(26(3,4)36)15-16-28(30,31)32)21-12-13-22(17-21)20(2)25(18-27(5,37)29(33,34)35)40(38,39)24-9-7-6-8-10-24/h6-10,14,19-22,25,36-37H,11-13,15-18H2,1-5H3/b23-14-/t19-,20-,21+,22-,25?,27-/m0/s1. The molecular weight excluding hydrogens is 558 g/mol. The van der Waals surface area contributed by atoms with E-state index in [1.807, 2.05) is 6.92 Å². The fourth-order valence-corrected chi connectivity index (χ4v) is 7.89. The molecule has 1 unspecified atom stereocenters. The van der Waals surface area contributed by atoms with Gasteiger partial charge in [-0.1, -0.05) is 38.1 Å². The van der Waals surface area contributed by atoms with Crippen LogP contribution in [-0.2, 0) is 9.84 Å². The van der Waals surface area contributed by atoms with Crippen molar-refractivity contribution in [2.24, 2.45) is 23.7 Å². The highest BCUT2D eigenvalue weighted by molar-refractivity contribution is 7.92. The zero-order valence-corrected chi connectivity index (χ0v) is 24.5. The minimum atomic E-state index is -5.01. The van der Waals surface area contributed by atoms with Gasteiger partial charge in [0.2, 0.25) is 0 Å². The number of allylic oxidation sites excluding steroid dienone is 1. The number of halogens is 6. The van der Waals surface area contributed by atoms with Crippen molar-refractivity contribution < 1.29 is 45.0 Å². The Bertz CT molecular complexity index is 1090. The Morgan fingerprint density at radius 3 is 2.02 bits per heavy atom. The van der Waals surface area contributed by atoms with Crippen molar-refractivity contribution in [1.29, 1.82) is 0 Å². The van der Waals surface area contributed by atoms with Crippen molar-refractivity contribution in [2.75, 3.05) is 0 Å². The highest BCUT2D eigenvalue weighted by atomic mass is 32.2. The Kier molecular flexibility index (Phi) is 11.0. The molecule has 0 aromatic heterocycles. The molecule has 6 atom stereocenters. The molecule has 0 amide bonds. The third-order valence-corrected chi connectivity index (χ3v) is 10.9. The van der Waals surface area contributed by atoms with Crippen LogP contribution in [0.5, 0.6) is 0 Å². The largest absolute Gasteiger partial charge is 0.416 e. The van der Waals surface area contributed by atoms with Crippen molar-refractivity contribution >= 4 is 9.84 Å². The molecule has 0 saturated heterocycles. The first-order chi connectivity index (χ1) is 18.1. The van der Waals surface area contributed by atoms with Crippen LogP contribution in [0.1, 0.15) is 79.6 Å². The Morgan fingerprint density at radius 1 is 0.975 bits per heavy atom. The van der Waals surface area contributed by atoms with E-state index in [2.05, 4.69) is 0 Å². The maximum Gasteiger partial charge on any atom is 0.416 e. The number of alkyl halides is 6. The normalized spacial score (nSPS) is 23.5. The lowest BCUT2D eigenvalue weighted by molar-refractivity contribution is -0.255. The average molecular weight is 601 g/mol. The summed E-state index contributed by atoms with van der Waals surface area (Å²) in [6.07, 6.45) is -7.83. The number of hydrogen-bond donors (Lipinski definition) is 2. The van der Waals surface area contributed by atoms with Gasteiger partial charge in [-0.05, 0) is 94.3 Å². The van der Waals surface area contributed by atoms with Gasteiger partial charge >= 0.3 is 12.4 Å². The first kappa shape index (κ1) is 34.6. The molecule has 1 aliphatic carbocycles. The Balaban J connectivity index is 2.24. The van der Waals surface area contributed by atoms with Gasteiger partial charge in [0.25, 0.3) is 0 Å². The van der Waals surface area contributed by atoms with Crippen LogP contribution in [-0.4, -0.2) is 47.4 Å². The first-order valence-corrected chi connectivity index (χ1v) is 15.2. The van der Waals surface area contributed by atoms with Crippen LogP contribution in [0.15, 0.2) is 46.9 Å². The highest BCUT2D eigenvalue weighted by Gasteiger charge is 2.54. The van der Waals surface area contributed by atoms with Gasteiger partial charge < -0.3 is 10.2 Å². The van der Waals surface area contributed by atoms with Crippen LogP contribution >= 0.6 is 0 Å². The zero-order chi connectivity index (χ0) is 30.7. The molecular formula is C29H42F6O4S. The van der Waals surface area contributed by atoms with E-state index in [4.69, 9.17) is 0 Å². The predicted octanol–water partition coefficient (Wildman–Crippen LogP) is 7.65. The Labute approximate surface area is 233 Å². The monoisotopic (exact) mass is 600 g/mol. The predicted molar refractivity (Wildman–Crippen MR) is 142 cm³/mol. The van der Waals surface area contributed by atoms with Crippen molar-refractivity contribution in [3.63, 3.8) is 0 Å². The number of hydrogen-bond acceptors (Lipinski definition) is 4. The minimum Gasteiger partial charge on any atom is -0.386 e. The average Bonchev–Trinajstić information content (AvgIpc) is 3.30. The van der Waals surface area contributed by atoms with Crippen LogP contribution in [0.2, 0.25) is 0 Å². The lowest BCUT2D eigenvalue weighted by Gasteiger charge is -2.35. The van der Waals surface area contributed by atoms with Gasteiger partial charge in [-0.2, -0.15) is 26.3 Å². The van der Waals surface area contributed by atoms with E-state index in [1.165, 1.54) is 38.1 Å². The number of aliphatic hydroxyl groups is 2. The highest BCUT2D eigenvalue weighted by Crippen LogP contribution is 2.46. The summed E-state index contributed by atoms with van der Waals surface area (Å²) in [6.45, 7) is 7.04. The molecule has 2 rings (SSSR count). The number of sulfone groups is 1. The van der Waals surface area contributed by atoms with Crippen LogP contribution in [0, 0.1) is 23.7 Å². The van der Waals surface area contributed by atoms with E-state index in [0.717, 1.165) is 0 Å². The number of benzene rings is 1. The molecule has 0 radical (unpaired) electrons. The molecule has 1 saturated carbocycles. The van der Waals surface area contributed by atoms with E-state index in [1.54, 1.807) is 19.1 Å². The summed E-state index contributed by atoms with van der Waals surface area (Å²) in [7, 11) is -4.21. The quantitative estimate of drug-likeness (QED) is 0.191. The van der Waals surface area contributed by atoms with E-state index in [-0.39, 0.29) is 29.1 Å². The van der Waals surface area contributed by atoms with Gasteiger partial charge in [0.1, 0.15) is 0 Å². The fourth-order valence-electron chi connectivity index (χ4n) is 5.68. The fraction of sp³-hybridized carbons (Fsp3) is 0.724. The second kappa shape index (κ2) is 12.7. The zero-order valence-electron chi connectivity index (χ0n) is 23.7. The summed E-state index contributed by atoms with van der Waals surface area (Å²) < 4.78 is 106. The molecule has 0 spiro atoms. The van der Waals surface area contributed by atoms with Crippen molar-refractivity contribution in [3.8, 4) is 0 Å². The lowest BCUT2D eigenvalue weighted by Crippen LogP contribution is -2.48. The summed E-state index contributed by atoms with van der Waals surface area (Å²) in [6, 6.07) is 7.26. The van der Waals surface area contributed by atoms with Crippen LogP contribution in [0.25, 0.3) is 0 Å². The van der Waals surface area contributed by atoms with Crippen molar-refractivity contribution in [3.05, 3.63) is 42.0 Å². The van der Waals surface area contributed by atoms with Crippen molar-refractivity contribution in [1.82, 2.24) is 0 Å². The minimum absolute atomic E-state index is 0.00269. The van der Waals surface area contributed by atoms with Gasteiger partial charge in [0.15, 0.2) is 15.4 Å². The SMILES string of the molecule is C[C@H](C(C[C@](C)(O)C(F)(F)F)S(=O)(=O)c1ccccc1)[C@H]1CC[C@@H]([C@@H](C)C/C=C(/CCC(F)(F)F)C(C)(C)O)C1. The Hall–Kier alpha value is -1.59. The molecule has 0 bridgehead atoms. The van der Waals surface area contributed by atoms with Gasteiger partial charge in [-0.15, -0.1) is 0 Å². The summed E-state index contributed by atoms with van der Waals surface area (Å²) in [5, 5.41) is 19.1. The van der Waals surface area contributed by atoms with E-state index >= 15 is 0 Å². The van der Waals surface area contributed by atoms with Gasteiger partial charge in [0, 0.05) is 12.8 Å². The molecule has 1 fully saturated rings. The second-order valence-corrected chi connectivity index (χ2v) is 14.3. The number of rotatable bonds is 12. The van der Waals surface area contributed by atoms with Crippen LogP contribution in [0.4, 0.5) is 26.3 Å². The maximum absolute atomic E-state index is 13.6. The van der Waals surface area contributed by atoms with Crippen LogP contribution < -0.4 is 0 Å². The van der Waals surface area contributed by atoms with Gasteiger partial charge in [-0.25, -0.2) is 8.42 Å². The molecule has 11 heteroatoms. The molecule has 4 nitrogen and oxygen atoms in total. The second-order valence-electron chi connectivity index (χ2n) is 12.2. The molecule has 1 aromatic rings. The maximum atomic E-state index is 13.6. The third-order valence-electron chi connectivity index (χ3n) is 8.53. The molecule has 0 heterocycles. The van der Waals surface area contributed by atoms with Gasteiger partial charge in [-0.3, -0.25) is 0 Å². The summed E-state index contributed by atoms with van der Waals surface area (Å²) >= 11 is 0. The molecule has 40 heavy (non-hydrogen) atoms. The van der Waals surface area contributed by atoms with Crippen molar-refractivity contribution in [2.45, 2.75) is 113 Å². The van der Waals surface area contributed by atoms with Crippen LogP contribution in [0.3, 0.4) is 0 Å². The lowest BCUT2D eigenvalue weighted by atomic mass is 9.82. The summed E-state index contributed by atoms with van der Waals surface area (Å²) in [5.41, 5.74) is -4.32. The smallest absolute Gasteiger partial charge is 0.386 e. The molecule has 0 aliphatic heterocycles. The topological polar surface area (TPSA) is 74.6 Å². The van der Waals surface area contributed by atoms with E-state index in [0.29, 0.717) is 38.2 Å². The molecule has 2 N–H and O–H groups in total. The Morgan fingerprint density at radius 2 is 1.52 bits per heavy atom. The third kappa shape index (κ3) is 9.21. The summed E-state index contributed by atoms with van der Waals surface area (Å²) in [4.78, 5) is -0.101. The molecule has 1 aliphatic rings.